The number of ether oxygens (including phenoxy) is 1. The first-order valence-electron chi connectivity index (χ1n) is 10.2. The second-order valence-electron chi connectivity index (χ2n) is 7.66. The lowest BCUT2D eigenvalue weighted by Gasteiger charge is -2.34. The van der Waals surface area contributed by atoms with E-state index in [-0.39, 0.29) is 6.04 Å². The average Bonchev–Trinajstić information content (AvgIpc) is 3.51. The number of fused-ring (bicyclic) bond motifs is 2. The Labute approximate surface area is 187 Å². The third kappa shape index (κ3) is 3.03. The summed E-state index contributed by atoms with van der Waals surface area (Å²) in [5, 5.41) is 2.18. The van der Waals surface area contributed by atoms with Gasteiger partial charge in [-0.25, -0.2) is 15.0 Å². The molecule has 0 spiro atoms. The van der Waals surface area contributed by atoms with Gasteiger partial charge in [0.25, 0.3) is 0 Å². The Balaban J connectivity index is 1.63. The van der Waals surface area contributed by atoms with Gasteiger partial charge >= 0.3 is 0 Å². The van der Waals surface area contributed by atoms with Crippen molar-refractivity contribution in [1.29, 1.82) is 0 Å². The third-order valence-electron chi connectivity index (χ3n) is 5.68. The van der Waals surface area contributed by atoms with Crippen molar-refractivity contribution in [2.75, 3.05) is 24.7 Å². The van der Waals surface area contributed by atoms with Crippen molar-refractivity contribution in [2.24, 2.45) is 0 Å². The number of nitrogens with zero attached hydrogens (tertiary/aromatic N) is 6. The molecule has 0 radical (unpaired) electrons. The minimum Gasteiger partial charge on any atom is -0.377 e. The van der Waals surface area contributed by atoms with Crippen LogP contribution in [0.5, 0.6) is 0 Å². The Kier molecular flexibility index (Phi) is 4.48. The van der Waals surface area contributed by atoms with E-state index in [9.17, 15) is 0 Å². The summed E-state index contributed by atoms with van der Waals surface area (Å²) in [6.45, 7) is 6.43. The number of morpholine rings is 1. The Morgan fingerprint density at radius 1 is 1.13 bits per heavy atom. The predicted molar refractivity (Wildman–Crippen MR) is 126 cm³/mol. The molecule has 4 aromatic heterocycles. The minimum atomic E-state index is 0.245. The topological polar surface area (TPSA) is 69.0 Å². The second kappa shape index (κ2) is 7.37. The molecule has 0 N–H and O–H groups in total. The van der Waals surface area contributed by atoms with Crippen molar-refractivity contribution in [1.82, 2.24) is 24.5 Å². The van der Waals surface area contributed by atoms with E-state index in [2.05, 4.69) is 33.2 Å². The maximum Gasteiger partial charge on any atom is 0.238 e. The first kappa shape index (κ1) is 18.9. The molecule has 1 saturated heterocycles. The molecule has 1 aliphatic heterocycles. The second-order valence-corrected chi connectivity index (χ2v) is 9.40. The van der Waals surface area contributed by atoms with Gasteiger partial charge in [-0.05, 0) is 26.0 Å². The number of imidazole rings is 1. The Morgan fingerprint density at radius 3 is 2.87 bits per heavy atom. The molecule has 1 atom stereocenters. The third-order valence-corrected chi connectivity index (χ3v) is 7.61. The van der Waals surface area contributed by atoms with E-state index >= 15 is 0 Å². The molecule has 5 heterocycles. The van der Waals surface area contributed by atoms with Crippen LogP contribution in [0.25, 0.3) is 37.6 Å². The van der Waals surface area contributed by atoms with Crippen molar-refractivity contribution < 1.29 is 4.74 Å². The fourth-order valence-electron chi connectivity index (χ4n) is 4.08. The number of thiophene rings is 1. The fraction of sp³-hybridized carbons (Fsp3) is 0.273. The van der Waals surface area contributed by atoms with Crippen LogP contribution in [0.3, 0.4) is 0 Å². The standard InChI is InChI=1S/C22H20N6OS2/c1-13-9-29-8-7-27(13)21-20-18(15(10-30-20)19-14(2)24-12-31-19)25-22(26-21)28-11-23-16-5-3-4-6-17(16)28/h3-6,10-13H,7-9H2,1-2H3/t13-/m1/s1. The van der Waals surface area contributed by atoms with E-state index in [0.29, 0.717) is 19.2 Å². The number of aromatic nitrogens is 5. The average molecular weight is 449 g/mol. The summed E-state index contributed by atoms with van der Waals surface area (Å²) in [7, 11) is 0. The van der Waals surface area contributed by atoms with E-state index in [1.165, 1.54) is 0 Å². The highest BCUT2D eigenvalue weighted by Crippen LogP contribution is 2.41. The normalized spacial score (nSPS) is 17.1. The van der Waals surface area contributed by atoms with E-state index in [1.54, 1.807) is 22.7 Å². The molecule has 9 heteroatoms. The highest BCUT2D eigenvalue weighted by Gasteiger charge is 2.26. The van der Waals surface area contributed by atoms with Gasteiger partial charge in [0.05, 0.1) is 56.6 Å². The molecule has 0 amide bonds. The zero-order chi connectivity index (χ0) is 20.9. The minimum absolute atomic E-state index is 0.245. The molecule has 31 heavy (non-hydrogen) atoms. The lowest BCUT2D eigenvalue weighted by atomic mass is 10.2. The molecule has 6 rings (SSSR count). The predicted octanol–water partition coefficient (Wildman–Crippen LogP) is 4.69. The molecule has 5 aromatic rings. The lowest BCUT2D eigenvalue weighted by molar-refractivity contribution is 0.0987. The maximum absolute atomic E-state index is 5.68. The van der Waals surface area contributed by atoms with E-state index in [4.69, 9.17) is 14.7 Å². The largest absolute Gasteiger partial charge is 0.377 e. The van der Waals surface area contributed by atoms with Crippen LogP contribution in [0.1, 0.15) is 12.6 Å². The quantitative estimate of drug-likeness (QED) is 0.399. The van der Waals surface area contributed by atoms with Crippen LogP contribution >= 0.6 is 22.7 Å². The summed E-state index contributed by atoms with van der Waals surface area (Å²) >= 11 is 3.35. The van der Waals surface area contributed by atoms with Crippen LogP contribution in [-0.4, -0.2) is 50.3 Å². The van der Waals surface area contributed by atoms with Gasteiger partial charge < -0.3 is 9.64 Å². The van der Waals surface area contributed by atoms with Crippen LogP contribution in [0, 0.1) is 6.92 Å². The zero-order valence-corrected chi connectivity index (χ0v) is 18.8. The summed E-state index contributed by atoms with van der Waals surface area (Å²) in [5.41, 5.74) is 6.93. The molecule has 156 valence electrons. The highest BCUT2D eigenvalue weighted by atomic mass is 32.1. The molecule has 0 saturated carbocycles. The summed E-state index contributed by atoms with van der Waals surface area (Å²) < 4.78 is 8.76. The summed E-state index contributed by atoms with van der Waals surface area (Å²) in [4.78, 5) is 22.6. The van der Waals surface area contributed by atoms with E-state index < -0.39 is 0 Å². The summed E-state index contributed by atoms with van der Waals surface area (Å²) in [6, 6.07) is 8.31. The molecule has 0 bridgehead atoms. The van der Waals surface area contributed by atoms with Crippen LogP contribution in [-0.2, 0) is 4.74 Å². The van der Waals surface area contributed by atoms with E-state index in [0.717, 1.165) is 49.7 Å². The van der Waals surface area contributed by atoms with Gasteiger partial charge in [0.2, 0.25) is 5.95 Å². The number of para-hydroxylation sites is 2. The number of aryl methyl sites for hydroxylation is 1. The molecule has 0 aliphatic carbocycles. The van der Waals surface area contributed by atoms with Crippen molar-refractivity contribution in [3.63, 3.8) is 0 Å². The van der Waals surface area contributed by atoms with Gasteiger partial charge in [-0.1, -0.05) is 12.1 Å². The van der Waals surface area contributed by atoms with Crippen molar-refractivity contribution in [2.45, 2.75) is 19.9 Å². The molecular formula is C22H20N6OS2. The van der Waals surface area contributed by atoms with Gasteiger partial charge in [-0.3, -0.25) is 4.57 Å². The first-order chi connectivity index (χ1) is 15.2. The Hall–Kier alpha value is -2.88. The molecule has 0 unspecified atom stereocenters. The van der Waals surface area contributed by atoms with E-state index in [1.807, 2.05) is 41.5 Å². The summed E-state index contributed by atoms with van der Waals surface area (Å²) in [6.07, 6.45) is 1.81. The zero-order valence-electron chi connectivity index (χ0n) is 17.1. The number of hydrogen-bond acceptors (Lipinski definition) is 8. The van der Waals surface area contributed by atoms with Crippen LogP contribution in [0.2, 0.25) is 0 Å². The van der Waals surface area contributed by atoms with Gasteiger partial charge in [0.15, 0.2) is 5.82 Å². The number of benzene rings is 1. The van der Waals surface area contributed by atoms with Crippen LogP contribution in [0.15, 0.2) is 41.5 Å². The van der Waals surface area contributed by atoms with Gasteiger partial charge in [-0.2, -0.15) is 4.98 Å². The smallest absolute Gasteiger partial charge is 0.238 e. The molecular weight excluding hydrogens is 428 g/mol. The number of rotatable bonds is 3. The highest BCUT2D eigenvalue weighted by molar-refractivity contribution is 7.19. The van der Waals surface area contributed by atoms with Gasteiger partial charge in [-0.15, -0.1) is 22.7 Å². The van der Waals surface area contributed by atoms with Gasteiger partial charge in [0, 0.05) is 17.5 Å². The molecule has 1 fully saturated rings. The van der Waals surface area contributed by atoms with Crippen molar-refractivity contribution >= 4 is 49.7 Å². The monoisotopic (exact) mass is 448 g/mol. The van der Waals surface area contributed by atoms with Crippen LogP contribution in [0.4, 0.5) is 5.82 Å². The Bertz CT molecular complexity index is 1400. The van der Waals surface area contributed by atoms with Crippen molar-refractivity contribution in [3.05, 3.63) is 47.2 Å². The summed E-state index contributed by atoms with van der Waals surface area (Å²) in [5.74, 6) is 1.60. The van der Waals surface area contributed by atoms with Crippen LogP contribution < -0.4 is 4.90 Å². The Morgan fingerprint density at radius 2 is 2.03 bits per heavy atom. The van der Waals surface area contributed by atoms with Crippen molar-refractivity contribution in [3.8, 4) is 16.4 Å². The molecule has 1 aromatic carbocycles. The molecule has 7 nitrogen and oxygen atoms in total. The molecule has 1 aliphatic rings. The fourth-order valence-corrected chi connectivity index (χ4v) is 5.97. The SMILES string of the molecule is Cc1ncsc1-c1csc2c(N3CCOC[C@H]3C)nc(-n3cnc4ccccc43)nc12. The number of hydrogen-bond donors (Lipinski definition) is 0. The maximum atomic E-state index is 5.68. The lowest BCUT2D eigenvalue weighted by Crippen LogP contribution is -2.44. The first-order valence-corrected chi connectivity index (χ1v) is 11.9. The number of anilines is 1. The number of thiazole rings is 1. The van der Waals surface area contributed by atoms with Gasteiger partial charge in [0.1, 0.15) is 6.33 Å².